The lowest BCUT2D eigenvalue weighted by molar-refractivity contribution is -0.116. The van der Waals surface area contributed by atoms with Crippen molar-refractivity contribution in [1.29, 1.82) is 0 Å². The minimum Gasteiger partial charge on any atom is -0.325 e. The summed E-state index contributed by atoms with van der Waals surface area (Å²) in [5, 5.41) is 3.09. The number of benzene rings is 3. The second-order valence-corrected chi connectivity index (χ2v) is 6.95. The van der Waals surface area contributed by atoms with E-state index in [9.17, 15) is 4.79 Å². The van der Waals surface area contributed by atoms with Gasteiger partial charge in [0.05, 0.1) is 5.92 Å². The van der Waals surface area contributed by atoms with Crippen LogP contribution in [-0.2, 0) is 4.79 Å². The number of halogens is 1. The van der Waals surface area contributed by atoms with Gasteiger partial charge < -0.3 is 5.32 Å². The third-order valence-corrected chi connectivity index (χ3v) is 4.65. The van der Waals surface area contributed by atoms with Crippen molar-refractivity contribution in [2.75, 3.05) is 5.32 Å². The molecular weight excluding hydrogens is 409 g/mol. The molecule has 0 saturated heterocycles. The second kappa shape index (κ2) is 7.62. The van der Waals surface area contributed by atoms with E-state index < -0.39 is 0 Å². The molecule has 0 aliphatic heterocycles. The molecule has 3 rings (SSSR count). The quantitative estimate of drug-likeness (QED) is 0.558. The molecule has 0 aromatic heterocycles. The fourth-order valence-electron chi connectivity index (χ4n) is 2.76. The minimum absolute atomic E-state index is 0.0169. The standard InChI is InChI=1S/C21H18INO/c1-15-14-18(22)12-13-19(15)23-21(24)20(16-8-4-2-5-9-16)17-10-6-3-7-11-17/h2-14,20H,1H3,(H,23,24). The highest BCUT2D eigenvalue weighted by Crippen LogP contribution is 2.27. The molecule has 0 bridgehead atoms. The number of nitrogens with one attached hydrogen (secondary N) is 1. The Balaban J connectivity index is 1.95. The highest BCUT2D eigenvalue weighted by molar-refractivity contribution is 14.1. The summed E-state index contributed by atoms with van der Waals surface area (Å²) in [7, 11) is 0. The SMILES string of the molecule is Cc1cc(I)ccc1NC(=O)C(c1ccccc1)c1ccccc1. The molecule has 2 nitrogen and oxygen atoms in total. The van der Waals surface area contributed by atoms with Crippen LogP contribution in [0.25, 0.3) is 0 Å². The monoisotopic (exact) mass is 427 g/mol. The van der Waals surface area contributed by atoms with Gasteiger partial charge in [0, 0.05) is 9.26 Å². The van der Waals surface area contributed by atoms with Gasteiger partial charge in [0.1, 0.15) is 0 Å². The molecule has 0 radical (unpaired) electrons. The lowest BCUT2D eigenvalue weighted by Crippen LogP contribution is -2.22. The van der Waals surface area contributed by atoms with Gasteiger partial charge in [-0.1, -0.05) is 60.7 Å². The molecule has 0 atom stereocenters. The molecule has 0 aliphatic carbocycles. The van der Waals surface area contributed by atoms with Gasteiger partial charge in [-0.25, -0.2) is 0 Å². The first-order valence-corrected chi connectivity index (χ1v) is 8.90. The molecule has 3 aromatic carbocycles. The lowest BCUT2D eigenvalue weighted by Gasteiger charge is -2.19. The number of rotatable bonds is 4. The smallest absolute Gasteiger partial charge is 0.236 e. The number of hydrogen-bond acceptors (Lipinski definition) is 1. The molecule has 1 amide bonds. The van der Waals surface area contributed by atoms with E-state index in [1.54, 1.807) is 0 Å². The Morgan fingerprint density at radius 1 is 0.875 bits per heavy atom. The number of carbonyl (C=O) groups is 1. The highest BCUT2D eigenvalue weighted by atomic mass is 127. The number of amides is 1. The number of anilines is 1. The molecule has 0 fully saturated rings. The van der Waals surface area contributed by atoms with Crippen LogP contribution in [0.4, 0.5) is 5.69 Å². The van der Waals surface area contributed by atoms with Gasteiger partial charge in [0.25, 0.3) is 0 Å². The van der Waals surface area contributed by atoms with Crippen molar-refractivity contribution in [3.63, 3.8) is 0 Å². The van der Waals surface area contributed by atoms with Crippen molar-refractivity contribution in [2.24, 2.45) is 0 Å². The van der Waals surface area contributed by atoms with Crippen LogP contribution < -0.4 is 5.32 Å². The van der Waals surface area contributed by atoms with Gasteiger partial charge >= 0.3 is 0 Å². The van der Waals surface area contributed by atoms with Crippen LogP contribution in [0, 0.1) is 10.5 Å². The summed E-state index contributed by atoms with van der Waals surface area (Å²) in [6, 6.07) is 25.8. The van der Waals surface area contributed by atoms with Gasteiger partial charge in [-0.15, -0.1) is 0 Å². The van der Waals surface area contributed by atoms with Crippen LogP contribution in [0.2, 0.25) is 0 Å². The number of carbonyl (C=O) groups excluding carboxylic acids is 1. The normalized spacial score (nSPS) is 10.6. The Morgan fingerprint density at radius 3 is 1.92 bits per heavy atom. The van der Waals surface area contributed by atoms with Gasteiger partial charge in [-0.05, 0) is 64.4 Å². The Bertz CT molecular complexity index is 791. The van der Waals surface area contributed by atoms with E-state index in [-0.39, 0.29) is 11.8 Å². The van der Waals surface area contributed by atoms with Crippen LogP contribution in [0.5, 0.6) is 0 Å². The molecule has 3 aromatic rings. The predicted octanol–water partition coefficient (Wildman–Crippen LogP) is 5.37. The average molecular weight is 427 g/mol. The summed E-state index contributed by atoms with van der Waals surface area (Å²) in [5.74, 6) is -0.345. The minimum atomic E-state index is -0.328. The number of aryl methyl sites for hydroxylation is 1. The molecule has 0 heterocycles. The summed E-state index contributed by atoms with van der Waals surface area (Å²) in [6.45, 7) is 2.01. The van der Waals surface area contributed by atoms with Crippen molar-refractivity contribution < 1.29 is 4.79 Å². The lowest BCUT2D eigenvalue weighted by atomic mass is 9.90. The van der Waals surface area contributed by atoms with Crippen LogP contribution >= 0.6 is 22.6 Å². The Labute approximate surface area is 156 Å². The van der Waals surface area contributed by atoms with Crippen LogP contribution in [-0.4, -0.2) is 5.91 Å². The summed E-state index contributed by atoms with van der Waals surface area (Å²) < 4.78 is 1.16. The molecule has 0 saturated carbocycles. The summed E-state index contributed by atoms with van der Waals surface area (Å²) >= 11 is 2.28. The first-order chi connectivity index (χ1) is 11.6. The molecule has 0 unspecified atom stereocenters. The Hall–Kier alpha value is -2.14. The van der Waals surface area contributed by atoms with E-state index in [0.717, 1.165) is 25.9 Å². The van der Waals surface area contributed by atoms with Crippen LogP contribution in [0.1, 0.15) is 22.6 Å². The van der Waals surface area contributed by atoms with Gasteiger partial charge in [-0.3, -0.25) is 4.79 Å². The number of hydrogen-bond donors (Lipinski definition) is 1. The van der Waals surface area contributed by atoms with Crippen LogP contribution in [0.15, 0.2) is 78.9 Å². The van der Waals surface area contributed by atoms with Gasteiger partial charge in [0.2, 0.25) is 5.91 Å². The zero-order valence-corrected chi connectivity index (χ0v) is 15.5. The molecule has 0 spiro atoms. The van der Waals surface area contributed by atoms with Gasteiger partial charge in [-0.2, -0.15) is 0 Å². The largest absolute Gasteiger partial charge is 0.325 e. The summed E-state index contributed by atoms with van der Waals surface area (Å²) in [5.41, 5.74) is 3.90. The first-order valence-electron chi connectivity index (χ1n) is 7.82. The maximum Gasteiger partial charge on any atom is 0.236 e. The maximum atomic E-state index is 13.0. The van der Waals surface area contributed by atoms with Crippen molar-refractivity contribution in [3.05, 3.63) is 99.1 Å². The van der Waals surface area contributed by atoms with E-state index in [2.05, 4.69) is 34.0 Å². The molecule has 3 heteroatoms. The zero-order chi connectivity index (χ0) is 16.9. The first kappa shape index (κ1) is 16.7. The molecule has 1 N–H and O–H groups in total. The third-order valence-electron chi connectivity index (χ3n) is 3.97. The highest BCUT2D eigenvalue weighted by Gasteiger charge is 2.22. The van der Waals surface area contributed by atoms with Crippen molar-refractivity contribution in [2.45, 2.75) is 12.8 Å². The molecule has 0 aliphatic rings. The fraction of sp³-hybridized carbons (Fsp3) is 0.0952. The van der Waals surface area contributed by atoms with Crippen molar-refractivity contribution in [1.82, 2.24) is 0 Å². The maximum absolute atomic E-state index is 13.0. The molecular formula is C21H18INO. The fourth-order valence-corrected chi connectivity index (χ4v) is 3.41. The van der Waals surface area contributed by atoms with Crippen molar-refractivity contribution in [3.8, 4) is 0 Å². The second-order valence-electron chi connectivity index (χ2n) is 5.70. The van der Waals surface area contributed by atoms with Crippen molar-refractivity contribution >= 4 is 34.2 Å². The average Bonchev–Trinajstić information content (AvgIpc) is 2.60. The van der Waals surface area contributed by atoms with E-state index in [1.807, 2.05) is 79.7 Å². The molecule has 24 heavy (non-hydrogen) atoms. The molecule has 120 valence electrons. The zero-order valence-electron chi connectivity index (χ0n) is 13.4. The Morgan fingerprint density at radius 2 is 1.42 bits per heavy atom. The van der Waals surface area contributed by atoms with E-state index in [4.69, 9.17) is 0 Å². The Kier molecular flexibility index (Phi) is 5.30. The topological polar surface area (TPSA) is 29.1 Å². The third kappa shape index (κ3) is 3.85. The summed E-state index contributed by atoms with van der Waals surface area (Å²) in [4.78, 5) is 13.0. The van der Waals surface area contributed by atoms with E-state index in [1.165, 1.54) is 0 Å². The predicted molar refractivity (Wildman–Crippen MR) is 107 cm³/mol. The van der Waals surface area contributed by atoms with E-state index >= 15 is 0 Å². The summed E-state index contributed by atoms with van der Waals surface area (Å²) in [6.07, 6.45) is 0. The van der Waals surface area contributed by atoms with E-state index in [0.29, 0.717) is 0 Å². The van der Waals surface area contributed by atoms with Crippen LogP contribution in [0.3, 0.4) is 0 Å². The van der Waals surface area contributed by atoms with Gasteiger partial charge in [0.15, 0.2) is 0 Å².